The number of thiophene rings is 1. The summed E-state index contributed by atoms with van der Waals surface area (Å²) in [7, 11) is -3.86. The smallest absolute Gasteiger partial charge is 0.245 e. The van der Waals surface area contributed by atoms with Gasteiger partial charge in [0.15, 0.2) is 0 Å². The average Bonchev–Trinajstić information content (AvgIpc) is 3.34. The molecule has 2 saturated heterocycles. The molecule has 2 aliphatic rings. The number of likely N-dealkylation sites (tertiary alicyclic amines) is 1. The van der Waals surface area contributed by atoms with Crippen LogP contribution in [0.15, 0.2) is 17.5 Å². The van der Waals surface area contributed by atoms with Gasteiger partial charge in [-0.2, -0.15) is 4.72 Å². The molecule has 3 heterocycles. The molecule has 1 N–H and O–H groups in total. The number of carbonyl (C=O) groups is 2. The van der Waals surface area contributed by atoms with Gasteiger partial charge in [-0.05, 0) is 37.0 Å². The maximum Gasteiger partial charge on any atom is 0.245 e. The monoisotopic (exact) mass is 503 g/mol. The van der Waals surface area contributed by atoms with E-state index >= 15 is 0 Å². The molecule has 3 rings (SSSR count). The van der Waals surface area contributed by atoms with Crippen LogP contribution in [0, 0.1) is 5.92 Å². The van der Waals surface area contributed by atoms with Crippen LogP contribution in [0.1, 0.15) is 38.5 Å². The van der Waals surface area contributed by atoms with E-state index in [9.17, 15) is 18.0 Å². The van der Waals surface area contributed by atoms with E-state index < -0.39 is 22.1 Å². The van der Waals surface area contributed by atoms with Crippen molar-refractivity contribution in [2.24, 2.45) is 5.92 Å². The minimum absolute atomic E-state index is 0.0460. The lowest BCUT2D eigenvalue weighted by Crippen LogP contribution is -2.56. The average molecular weight is 504 g/mol. The number of amides is 2. The Morgan fingerprint density at radius 3 is 2.62 bits per heavy atom. The summed E-state index contributed by atoms with van der Waals surface area (Å²) >= 11 is 7.22. The number of hydrogen-bond donors (Lipinski definition) is 1. The van der Waals surface area contributed by atoms with Crippen LogP contribution >= 0.6 is 22.9 Å². The van der Waals surface area contributed by atoms with Crippen LogP contribution in [-0.2, 0) is 24.3 Å². The Labute approximate surface area is 198 Å². The first-order valence-electron chi connectivity index (χ1n) is 10.8. The van der Waals surface area contributed by atoms with Crippen molar-refractivity contribution in [3.8, 4) is 0 Å². The minimum Gasteiger partial charge on any atom is -0.378 e. The molecule has 2 fully saturated rings. The second-order valence-corrected chi connectivity index (χ2v) is 11.5. The predicted molar refractivity (Wildman–Crippen MR) is 126 cm³/mol. The van der Waals surface area contributed by atoms with Crippen LogP contribution in [-0.4, -0.2) is 75.0 Å². The third-order valence-corrected chi connectivity index (χ3v) is 8.58. The van der Waals surface area contributed by atoms with Crippen molar-refractivity contribution in [1.82, 2.24) is 14.5 Å². The van der Waals surface area contributed by atoms with E-state index in [2.05, 4.69) is 4.72 Å². The van der Waals surface area contributed by atoms with Gasteiger partial charge in [0.05, 0.1) is 23.0 Å². The first kappa shape index (κ1) is 25.2. The molecular formula is C21H30ClN3O5S2. The zero-order valence-electron chi connectivity index (χ0n) is 18.5. The highest BCUT2D eigenvalue weighted by atomic mass is 35.5. The summed E-state index contributed by atoms with van der Waals surface area (Å²) in [5, 5.41) is 1.12. The minimum atomic E-state index is -3.86. The highest BCUT2D eigenvalue weighted by Gasteiger charge is 2.43. The zero-order valence-corrected chi connectivity index (χ0v) is 20.9. The summed E-state index contributed by atoms with van der Waals surface area (Å²) in [4.78, 5) is 30.4. The normalized spacial score (nSPS) is 22.3. The van der Waals surface area contributed by atoms with Crippen molar-refractivity contribution >= 4 is 50.3 Å². The molecule has 0 aromatic carbocycles. The molecule has 0 bridgehead atoms. The molecule has 2 amide bonds. The maximum atomic E-state index is 13.2. The summed E-state index contributed by atoms with van der Waals surface area (Å²) in [5.41, 5.74) is 0.539. The van der Waals surface area contributed by atoms with Gasteiger partial charge in [-0.15, -0.1) is 11.3 Å². The van der Waals surface area contributed by atoms with Gasteiger partial charge in [0, 0.05) is 24.5 Å². The number of halogens is 1. The largest absolute Gasteiger partial charge is 0.378 e. The zero-order chi connectivity index (χ0) is 23.5. The molecule has 8 nitrogen and oxygen atoms in total. The van der Waals surface area contributed by atoms with Gasteiger partial charge in [-0.1, -0.05) is 31.9 Å². The van der Waals surface area contributed by atoms with Gasteiger partial charge in [0.1, 0.15) is 12.1 Å². The van der Waals surface area contributed by atoms with Gasteiger partial charge >= 0.3 is 0 Å². The Bertz CT molecular complexity index is 972. The summed E-state index contributed by atoms with van der Waals surface area (Å²) in [5.74, 6) is -0.495. The molecular weight excluding hydrogens is 474 g/mol. The molecule has 1 aromatic rings. The maximum absolute atomic E-state index is 13.2. The fraction of sp³-hybridized carbons (Fsp3) is 0.619. The standard InChI is InChI=1S/C21H30ClN3O5S2/c1-4-14(2)19(21(27)24-9-11-30-12-10-24)25-8-7-16(20(25)26)23-32(28,29)13-15(3)17-5-6-18(22)31-17/h5-6,13-14,16,19,23H,4,7-12H2,1-3H3/b15-13+/t14-,16-,19-/m0/s1. The summed E-state index contributed by atoms with van der Waals surface area (Å²) in [6, 6.07) is 1.97. The van der Waals surface area contributed by atoms with E-state index in [1.165, 1.54) is 11.3 Å². The van der Waals surface area contributed by atoms with Gasteiger partial charge < -0.3 is 14.5 Å². The number of sulfonamides is 1. The number of ether oxygens (including phenoxy) is 1. The Kier molecular flexibility index (Phi) is 8.37. The third kappa shape index (κ3) is 5.91. The number of morpholine rings is 1. The summed E-state index contributed by atoms with van der Waals surface area (Å²) in [6.45, 7) is 7.92. The summed E-state index contributed by atoms with van der Waals surface area (Å²) in [6.07, 6.45) is 1.05. The van der Waals surface area contributed by atoms with E-state index in [0.717, 1.165) is 16.7 Å². The van der Waals surface area contributed by atoms with E-state index in [1.807, 2.05) is 13.8 Å². The van der Waals surface area contributed by atoms with Crippen LogP contribution in [0.5, 0.6) is 0 Å². The number of rotatable bonds is 8. The number of hydrogen-bond acceptors (Lipinski definition) is 6. The number of allylic oxidation sites excluding steroid dienone is 1. The number of carbonyl (C=O) groups excluding carboxylic acids is 2. The third-order valence-electron chi connectivity index (χ3n) is 5.93. The molecule has 1 aromatic heterocycles. The van der Waals surface area contributed by atoms with Crippen LogP contribution in [0.4, 0.5) is 0 Å². The van der Waals surface area contributed by atoms with E-state index in [4.69, 9.17) is 16.3 Å². The molecule has 11 heteroatoms. The SMILES string of the molecule is CC[C@H](C)[C@@H](C(=O)N1CCOCC1)N1CC[C@H](NS(=O)(=O)/C=C(\C)c2ccc(Cl)s2)C1=O. The van der Waals surface area contributed by atoms with Gasteiger partial charge in [-0.3, -0.25) is 9.59 Å². The fourth-order valence-corrected chi connectivity index (χ4v) is 6.38. The van der Waals surface area contributed by atoms with E-state index in [0.29, 0.717) is 49.2 Å². The summed E-state index contributed by atoms with van der Waals surface area (Å²) < 4.78 is 33.8. The Morgan fingerprint density at radius 2 is 2.03 bits per heavy atom. The van der Waals surface area contributed by atoms with Crippen molar-refractivity contribution in [1.29, 1.82) is 0 Å². The molecule has 0 radical (unpaired) electrons. The highest BCUT2D eigenvalue weighted by molar-refractivity contribution is 7.92. The van der Waals surface area contributed by atoms with Gasteiger partial charge in [0.2, 0.25) is 21.8 Å². The predicted octanol–water partition coefficient (Wildman–Crippen LogP) is 2.56. The Balaban J connectivity index is 1.73. The lowest BCUT2D eigenvalue weighted by Gasteiger charge is -2.37. The van der Waals surface area contributed by atoms with Crippen LogP contribution in [0.2, 0.25) is 4.34 Å². The second kappa shape index (κ2) is 10.6. The quantitative estimate of drug-likeness (QED) is 0.588. The molecule has 0 saturated carbocycles. The Morgan fingerprint density at radius 1 is 1.34 bits per heavy atom. The first-order chi connectivity index (χ1) is 15.1. The molecule has 178 valence electrons. The van der Waals surface area contributed by atoms with Crippen molar-refractivity contribution in [3.05, 3.63) is 26.8 Å². The second-order valence-electron chi connectivity index (χ2n) is 8.21. The number of nitrogens with one attached hydrogen (secondary N) is 1. The van der Waals surface area contributed by atoms with Crippen molar-refractivity contribution in [2.45, 2.75) is 45.7 Å². The fourth-order valence-electron chi connectivity index (χ4n) is 4.01. The first-order valence-corrected chi connectivity index (χ1v) is 13.5. The van der Waals surface area contributed by atoms with E-state index in [-0.39, 0.29) is 17.7 Å². The topological polar surface area (TPSA) is 96.0 Å². The van der Waals surface area contributed by atoms with Crippen molar-refractivity contribution < 1.29 is 22.7 Å². The van der Waals surface area contributed by atoms with E-state index in [1.54, 1.807) is 28.9 Å². The van der Waals surface area contributed by atoms with Crippen LogP contribution in [0.3, 0.4) is 0 Å². The van der Waals surface area contributed by atoms with Gasteiger partial charge in [-0.25, -0.2) is 8.42 Å². The molecule has 3 atom stereocenters. The molecule has 2 aliphatic heterocycles. The van der Waals surface area contributed by atoms with Crippen molar-refractivity contribution in [3.63, 3.8) is 0 Å². The lowest BCUT2D eigenvalue weighted by atomic mass is 9.96. The number of nitrogens with zero attached hydrogens (tertiary/aromatic N) is 2. The van der Waals surface area contributed by atoms with Crippen LogP contribution in [0.25, 0.3) is 5.57 Å². The van der Waals surface area contributed by atoms with Gasteiger partial charge in [0.25, 0.3) is 0 Å². The van der Waals surface area contributed by atoms with Crippen molar-refractivity contribution in [2.75, 3.05) is 32.8 Å². The molecule has 32 heavy (non-hydrogen) atoms. The van der Waals surface area contributed by atoms with Crippen LogP contribution < -0.4 is 4.72 Å². The molecule has 0 unspecified atom stereocenters. The molecule has 0 spiro atoms. The highest BCUT2D eigenvalue weighted by Crippen LogP contribution is 2.28. The lowest BCUT2D eigenvalue weighted by molar-refractivity contribution is -0.149. The molecule has 0 aliphatic carbocycles. The Hall–Kier alpha value is -1.46.